The van der Waals surface area contributed by atoms with Crippen LogP contribution in [0.3, 0.4) is 0 Å². The van der Waals surface area contributed by atoms with Crippen molar-refractivity contribution in [1.82, 2.24) is 4.90 Å². The van der Waals surface area contributed by atoms with Gasteiger partial charge >= 0.3 is 0 Å². The van der Waals surface area contributed by atoms with Gasteiger partial charge in [-0.05, 0) is 13.8 Å². The average molecular weight is 340 g/mol. The number of nitro benzene ring substituents is 2. The molecule has 0 aromatic heterocycles. The Kier molecular flexibility index (Phi) is 6.21. The highest BCUT2D eigenvalue weighted by atomic mass is 32.2. The van der Waals surface area contributed by atoms with Crippen LogP contribution in [0.15, 0.2) is 17.0 Å². The number of benzene rings is 1. The molecule has 0 N–H and O–H groups in total. The van der Waals surface area contributed by atoms with Crippen molar-refractivity contribution in [2.45, 2.75) is 18.7 Å². The molecule has 0 spiro atoms. The standard InChI is InChI=1S/C12H12N4O4S2/c1-3-14(4-2)12(21)22-11-8(7-13)5-9(15(17)18)6-10(11)16(19)20/h5-6H,3-4H2,1-2H3. The van der Waals surface area contributed by atoms with Gasteiger partial charge in [-0.25, -0.2) is 0 Å². The lowest BCUT2D eigenvalue weighted by Crippen LogP contribution is -2.26. The van der Waals surface area contributed by atoms with Crippen LogP contribution < -0.4 is 0 Å². The molecule has 1 aromatic rings. The minimum atomic E-state index is -0.773. The first-order chi connectivity index (χ1) is 10.3. The van der Waals surface area contributed by atoms with Crippen LogP contribution in [0.1, 0.15) is 19.4 Å². The van der Waals surface area contributed by atoms with Crippen LogP contribution in [0.2, 0.25) is 0 Å². The summed E-state index contributed by atoms with van der Waals surface area (Å²) >= 11 is 6.11. The summed E-state index contributed by atoms with van der Waals surface area (Å²) in [7, 11) is 0. The highest BCUT2D eigenvalue weighted by Gasteiger charge is 2.26. The summed E-state index contributed by atoms with van der Waals surface area (Å²) in [6.07, 6.45) is 0. The number of rotatable bonds is 5. The van der Waals surface area contributed by atoms with Gasteiger partial charge in [-0.15, -0.1) is 0 Å². The Morgan fingerprint density at radius 1 is 1.32 bits per heavy atom. The summed E-state index contributed by atoms with van der Waals surface area (Å²) < 4.78 is 0.374. The molecule has 116 valence electrons. The molecule has 0 bridgehead atoms. The van der Waals surface area contributed by atoms with Crippen LogP contribution in [0, 0.1) is 31.6 Å². The number of thioether (sulfide) groups is 1. The molecule has 0 amide bonds. The molecular formula is C12H12N4O4S2. The van der Waals surface area contributed by atoms with Gasteiger partial charge in [0.15, 0.2) is 0 Å². The molecule has 0 fully saturated rings. The summed E-state index contributed by atoms with van der Waals surface area (Å²) in [5.74, 6) is 0. The third-order valence-electron chi connectivity index (χ3n) is 2.79. The van der Waals surface area contributed by atoms with Gasteiger partial charge in [-0.3, -0.25) is 20.2 Å². The fourth-order valence-corrected chi connectivity index (χ4v) is 3.19. The van der Waals surface area contributed by atoms with Crippen molar-refractivity contribution in [3.63, 3.8) is 0 Å². The van der Waals surface area contributed by atoms with Crippen LogP contribution in [0.5, 0.6) is 0 Å². The lowest BCUT2D eigenvalue weighted by Gasteiger charge is -2.20. The van der Waals surface area contributed by atoms with E-state index in [-0.39, 0.29) is 10.5 Å². The topological polar surface area (TPSA) is 113 Å². The molecule has 0 aliphatic heterocycles. The smallest absolute Gasteiger partial charge is 0.291 e. The van der Waals surface area contributed by atoms with E-state index in [0.717, 1.165) is 23.9 Å². The number of nitrogens with zero attached hydrogens (tertiary/aromatic N) is 4. The fourth-order valence-electron chi connectivity index (χ4n) is 1.66. The fraction of sp³-hybridized carbons (Fsp3) is 0.333. The van der Waals surface area contributed by atoms with Crippen molar-refractivity contribution >= 4 is 39.7 Å². The van der Waals surface area contributed by atoms with E-state index >= 15 is 0 Å². The van der Waals surface area contributed by atoms with Crippen LogP contribution in [-0.4, -0.2) is 32.2 Å². The Labute approximate surface area is 136 Å². The van der Waals surface area contributed by atoms with Crippen LogP contribution >= 0.6 is 24.0 Å². The highest BCUT2D eigenvalue weighted by Crippen LogP contribution is 2.37. The molecule has 0 aliphatic rings. The van der Waals surface area contributed by atoms with E-state index in [1.807, 2.05) is 13.8 Å². The lowest BCUT2D eigenvalue weighted by molar-refractivity contribution is -0.396. The van der Waals surface area contributed by atoms with Gasteiger partial charge in [-0.1, -0.05) is 24.0 Å². The minimum absolute atomic E-state index is 0.0231. The highest BCUT2D eigenvalue weighted by molar-refractivity contribution is 8.23. The van der Waals surface area contributed by atoms with Gasteiger partial charge in [-0.2, -0.15) is 5.26 Å². The molecule has 1 rings (SSSR count). The van der Waals surface area contributed by atoms with E-state index in [1.54, 1.807) is 11.0 Å². The van der Waals surface area contributed by atoms with Gasteiger partial charge in [0.25, 0.3) is 11.4 Å². The molecule has 0 aliphatic carbocycles. The molecule has 0 saturated carbocycles. The van der Waals surface area contributed by atoms with Gasteiger partial charge in [0, 0.05) is 19.2 Å². The Bertz CT molecular complexity index is 668. The van der Waals surface area contributed by atoms with Crippen molar-refractivity contribution in [2.75, 3.05) is 13.1 Å². The first kappa shape index (κ1) is 17.8. The molecule has 0 unspecified atom stereocenters. The predicted molar refractivity (Wildman–Crippen MR) is 85.8 cm³/mol. The third kappa shape index (κ3) is 3.90. The van der Waals surface area contributed by atoms with Crippen molar-refractivity contribution in [3.8, 4) is 6.07 Å². The van der Waals surface area contributed by atoms with E-state index in [4.69, 9.17) is 17.5 Å². The van der Waals surface area contributed by atoms with Gasteiger partial charge in [0.2, 0.25) is 0 Å². The number of hydrogen-bond acceptors (Lipinski definition) is 7. The average Bonchev–Trinajstić information content (AvgIpc) is 2.47. The second kappa shape index (κ2) is 7.67. The Morgan fingerprint density at radius 3 is 2.32 bits per heavy atom. The summed E-state index contributed by atoms with van der Waals surface area (Å²) in [6, 6.07) is 3.61. The van der Waals surface area contributed by atoms with Gasteiger partial charge < -0.3 is 4.90 Å². The maximum Gasteiger partial charge on any atom is 0.291 e. The lowest BCUT2D eigenvalue weighted by atomic mass is 10.2. The minimum Gasteiger partial charge on any atom is -0.358 e. The summed E-state index contributed by atoms with van der Waals surface area (Å²) in [5, 5.41) is 31.1. The van der Waals surface area contributed by atoms with E-state index < -0.39 is 21.2 Å². The van der Waals surface area contributed by atoms with Crippen LogP contribution in [0.4, 0.5) is 11.4 Å². The molecule has 0 heterocycles. The zero-order chi connectivity index (χ0) is 16.9. The first-order valence-electron chi connectivity index (χ1n) is 6.19. The molecular weight excluding hydrogens is 328 g/mol. The van der Waals surface area contributed by atoms with E-state index in [2.05, 4.69) is 0 Å². The summed E-state index contributed by atoms with van der Waals surface area (Å²) in [5.41, 5.74) is -1.13. The SMILES string of the molecule is CCN(CC)C(=S)Sc1c(C#N)cc([N+](=O)[O-])cc1[N+](=O)[O-]. The number of hydrogen-bond donors (Lipinski definition) is 0. The summed E-state index contributed by atoms with van der Waals surface area (Å²) in [6.45, 7) is 4.99. The third-order valence-corrected chi connectivity index (χ3v) is 4.37. The predicted octanol–water partition coefficient (Wildman–Crippen LogP) is 3.09. The zero-order valence-electron chi connectivity index (χ0n) is 11.8. The van der Waals surface area contributed by atoms with Crippen molar-refractivity contribution in [1.29, 1.82) is 5.26 Å². The number of nitriles is 1. The second-order valence-corrected chi connectivity index (χ2v) is 5.65. The number of nitro groups is 2. The molecule has 0 atom stereocenters. The molecule has 10 heteroatoms. The van der Waals surface area contributed by atoms with Crippen LogP contribution in [-0.2, 0) is 0 Å². The first-order valence-corrected chi connectivity index (χ1v) is 7.41. The molecule has 22 heavy (non-hydrogen) atoms. The molecule has 0 saturated heterocycles. The van der Waals surface area contributed by atoms with Gasteiger partial charge in [0.1, 0.15) is 15.3 Å². The van der Waals surface area contributed by atoms with E-state index in [0.29, 0.717) is 17.4 Å². The maximum atomic E-state index is 11.2. The number of thiocarbonyl (C=S) groups is 1. The quantitative estimate of drug-likeness (QED) is 0.348. The second-order valence-electron chi connectivity index (χ2n) is 4.01. The van der Waals surface area contributed by atoms with Gasteiger partial charge in [0.05, 0.1) is 21.5 Å². The van der Waals surface area contributed by atoms with E-state index in [9.17, 15) is 20.2 Å². The van der Waals surface area contributed by atoms with Crippen LogP contribution in [0.25, 0.3) is 0 Å². The largest absolute Gasteiger partial charge is 0.358 e. The number of non-ortho nitro benzene ring substituents is 1. The monoisotopic (exact) mass is 340 g/mol. The molecule has 0 radical (unpaired) electrons. The van der Waals surface area contributed by atoms with Crippen molar-refractivity contribution < 1.29 is 9.85 Å². The molecule has 1 aromatic carbocycles. The van der Waals surface area contributed by atoms with E-state index in [1.165, 1.54) is 0 Å². The zero-order valence-corrected chi connectivity index (χ0v) is 13.4. The maximum absolute atomic E-state index is 11.2. The van der Waals surface area contributed by atoms with Crippen molar-refractivity contribution in [2.24, 2.45) is 0 Å². The Morgan fingerprint density at radius 2 is 1.91 bits per heavy atom. The summed E-state index contributed by atoms with van der Waals surface area (Å²) in [4.78, 5) is 22.3. The molecule has 8 nitrogen and oxygen atoms in total. The Balaban J connectivity index is 3.40. The Hall–Kier alpha value is -2.25. The van der Waals surface area contributed by atoms with Crippen molar-refractivity contribution in [3.05, 3.63) is 37.9 Å². The normalized spacial score (nSPS) is 9.86.